The third-order valence-corrected chi connectivity index (χ3v) is 2.55. The van der Waals surface area contributed by atoms with E-state index in [-0.39, 0.29) is 6.04 Å². The lowest BCUT2D eigenvalue weighted by molar-refractivity contribution is 0.394. The Morgan fingerprint density at radius 3 is 2.81 bits per heavy atom. The number of aromatic nitrogens is 1. The van der Waals surface area contributed by atoms with Gasteiger partial charge in [0.25, 0.3) is 0 Å². The SMILES string of the molecule is CN(C)CCNC(C#N)c1ccc(Br)cn1. The first-order valence-corrected chi connectivity index (χ1v) is 5.82. The number of halogens is 1. The van der Waals surface area contributed by atoms with Gasteiger partial charge in [0.05, 0.1) is 11.8 Å². The first kappa shape index (κ1) is 13.1. The van der Waals surface area contributed by atoms with Crippen molar-refractivity contribution in [3.8, 4) is 6.07 Å². The number of hydrogen-bond donors (Lipinski definition) is 1. The Morgan fingerprint density at radius 1 is 1.56 bits per heavy atom. The van der Waals surface area contributed by atoms with E-state index < -0.39 is 0 Å². The maximum atomic E-state index is 9.04. The van der Waals surface area contributed by atoms with E-state index in [1.54, 1.807) is 6.20 Å². The molecule has 1 rings (SSSR count). The molecular formula is C11H15BrN4. The van der Waals surface area contributed by atoms with E-state index in [1.165, 1.54) is 0 Å². The third kappa shape index (κ3) is 4.27. The summed E-state index contributed by atoms with van der Waals surface area (Å²) in [6.07, 6.45) is 1.70. The first-order valence-electron chi connectivity index (χ1n) is 5.02. The summed E-state index contributed by atoms with van der Waals surface area (Å²) in [6.45, 7) is 1.66. The number of nitriles is 1. The predicted octanol–water partition coefficient (Wildman–Crippen LogP) is 1.56. The van der Waals surface area contributed by atoms with Gasteiger partial charge in [-0.2, -0.15) is 5.26 Å². The number of nitrogens with zero attached hydrogens (tertiary/aromatic N) is 3. The third-order valence-electron chi connectivity index (χ3n) is 2.08. The quantitative estimate of drug-likeness (QED) is 0.891. The van der Waals surface area contributed by atoms with Gasteiger partial charge in [-0.15, -0.1) is 0 Å². The summed E-state index contributed by atoms with van der Waals surface area (Å²) in [4.78, 5) is 6.27. The van der Waals surface area contributed by atoms with Crippen LogP contribution in [-0.2, 0) is 0 Å². The molecule has 4 nitrogen and oxygen atoms in total. The van der Waals surface area contributed by atoms with Gasteiger partial charge in [-0.1, -0.05) is 0 Å². The smallest absolute Gasteiger partial charge is 0.138 e. The van der Waals surface area contributed by atoms with Crippen LogP contribution in [0.3, 0.4) is 0 Å². The standard InChI is InChI=1S/C11H15BrN4/c1-16(2)6-5-14-11(7-13)10-4-3-9(12)8-15-10/h3-4,8,11,14H,5-6H2,1-2H3. The first-order chi connectivity index (χ1) is 7.63. The fourth-order valence-corrected chi connectivity index (χ4v) is 1.44. The molecular weight excluding hydrogens is 268 g/mol. The van der Waals surface area contributed by atoms with Crippen molar-refractivity contribution >= 4 is 15.9 Å². The molecule has 1 atom stereocenters. The van der Waals surface area contributed by atoms with Crippen molar-refractivity contribution in [1.29, 1.82) is 5.26 Å². The normalized spacial score (nSPS) is 12.4. The molecule has 0 saturated heterocycles. The Labute approximate surface area is 104 Å². The second-order valence-electron chi connectivity index (χ2n) is 3.72. The molecule has 1 N–H and O–H groups in total. The molecule has 1 aromatic heterocycles. The van der Waals surface area contributed by atoms with E-state index in [9.17, 15) is 0 Å². The maximum absolute atomic E-state index is 9.04. The molecule has 0 aromatic carbocycles. The van der Waals surface area contributed by atoms with Crippen LogP contribution in [0, 0.1) is 11.3 Å². The fraction of sp³-hybridized carbons (Fsp3) is 0.455. The van der Waals surface area contributed by atoms with Gasteiger partial charge in [0.1, 0.15) is 6.04 Å². The van der Waals surface area contributed by atoms with Crippen LogP contribution in [0.1, 0.15) is 11.7 Å². The van der Waals surface area contributed by atoms with E-state index in [4.69, 9.17) is 5.26 Å². The van der Waals surface area contributed by atoms with E-state index in [0.29, 0.717) is 0 Å². The molecule has 5 heteroatoms. The Bertz CT molecular complexity index is 355. The van der Waals surface area contributed by atoms with Gasteiger partial charge in [-0.3, -0.25) is 10.3 Å². The lowest BCUT2D eigenvalue weighted by atomic mass is 10.2. The van der Waals surface area contributed by atoms with E-state index in [0.717, 1.165) is 23.3 Å². The monoisotopic (exact) mass is 282 g/mol. The summed E-state index contributed by atoms with van der Waals surface area (Å²) in [7, 11) is 4.00. The predicted molar refractivity (Wildman–Crippen MR) is 66.8 cm³/mol. The Kier molecular flexibility index (Phi) is 5.39. The number of nitrogens with one attached hydrogen (secondary N) is 1. The molecule has 0 fully saturated rings. The van der Waals surface area contributed by atoms with Gasteiger partial charge < -0.3 is 4.90 Å². The van der Waals surface area contributed by atoms with Crippen LogP contribution in [0.4, 0.5) is 0 Å². The molecule has 0 radical (unpaired) electrons. The molecule has 1 unspecified atom stereocenters. The van der Waals surface area contributed by atoms with Crippen LogP contribution in [0.15, 0.2) is 22.8 Å². The van der Waals surface area contributed by atoms with Gasteiger partial charge in [-0.05, 0) is 42.2 Å². The van der Waals surface area contributed by atoms with Crippen molar-refractivity contribution in [2.24, 2.45) is 0 Å². The Balaban J connectivity index is 2.55. The zero-order chi connectivity index (χ0) is 12.0. The van der Waals surface area contributed by atoms with E-state index in [2.05, 4.69) is 37.2 Å². The summed E-state index contributed by atoms with van der Waals surface area (Å²) < 4.78 is 0.918. The second-order valence-corrected chi connectivity index (χ2v) is 4.64. The zero-order valence-electron chi connectivity index (χ0n) is 9.44. The number of rotatable bonds is 5. The van der Waals surface area contributed by atoms with Gasteiger partial charge >= 0.3 is 0 Å². The van der Waals surface area contributed by atoms with Gasteiger partial charge in [-0.25, -0.2) is 0 Å². The zero-order valence-corrected chi connectivity index (χ0v) is 11.0. The minimum atomic E-state index is -0.340. The van der Waals surface area contributed by atoms with Crippen molar-refractivity contribution in [3.63, 3.8) is 0 Å². The molecule has 0 aliphatic rings. The molecule has 0 amide bonds. The molecule has 0 bridgehead atoms. The Hall–Kier alpha value is -0.960. The van der Waals surface area contributed by atoms with Gasteiger partial charge in [0.2, 0.25) is 0 Å². The molecule has 0 spiro atoms. The van der Waals surface area contributed by atoms with Crippen molar-refractivity contribution in [2.75, 3.05) is 27.2 Å². The van der Waals surface area contributed by atoms with E-state index in [1.807, 2.05) is 26.2 Å². The summed E-state index contributed by atoms with van der Waals surface area (Å²) in [6, 6.07) is 5.60. The van der Waals surface area contributed by atoms with Crippen molar-refractivity contribution < 1.29 is 0 Å². The van der Waals surface area contributed by atoms with Gasteiger partial charge in [0.15, 0.2) is 0 Å². The van der Waals surface area contributed by atoms with Gasteiger partial charge in [0, 0.05) is 23.8 Å². The highest BCUT2D eigenvalue weighted by Gasteiger charge is 2.10. The highest BCUT2D eigenvalue weighted by Crippen LogP contribution is 2.12. The molecule has 1 aromatic rings. The molecule has 16 heavy (non-hydrogen) atoms. The van der Waals surface area contributed by atoms with Crippen LogP contribution in [0.2, 0.25) is 0 Å². The molecule has 1 heterocycles. The molecule has 86 valence electrons. The van der Waals surface area contributed by atoms with Crippen molar-refractivity contribution in [3.05, 3.63) is 28.5 Å². The van der Waals surface area contributed by atoms with Crippen LogP contribution in [0.5, 0.6) is 0 Å². The fourth-order valence-electron chi connectivity index (χ4n) is 1.21. The topological polar surface area (TPSA) is 52.0 Å². The average molecular weight is 283 g/mol. The summed E-state index contributed by atoms with van der Waals surface area (Å²) in [5.74, 6) is 0. The van der Waals surface area contributed by atoms with Crippen molar-refractivity contribution in [1.82, 2.24) is 15.2 Å². The average Bonchev–Trinajstić information content (AvgIpc) is 2.26. The lowest BCUT2D eigenvalue weighted by Gasteiger charge is -2.13. The number of likely N-dealkylation sites (N-methyl/N-ethyl adjacent to an activating group) is 1. The highest BCUT2D eigenvalue weighted by molar-refractivity contribution is 9.10. The largest absolute Gasteiger partial charge is 0.308 e. The minimum Gasteiger partial charge on any atom is -0.308 e. The van der Waals surface area contributed by atoms with Crippen molar-refractivity contribution in [2.45, 2.75) is 6.04 Å². The number of hydrogen-bond acceptors (Lipinski definition) is 4. The maximum Gasteiger partial charge on any atom is 0.138 e. The molecule has 0 aliphatic heterocycles. The van der Waals surface area contributed by atoms with Crippen LogP contribution in [0.25, 0.3) is 0 Å². The van der Waals surface area contributed by atoms with Crippen LogP contribution >= 0.6 is 15.9 Å². The Morgan fingerprint density at radius 2 is 2.31 bits per heavy atom. The second kappa shape index (κ2) is 6.59. The van der Waals surface area contributed by atoms with Crippen LogP contribution < -0.4 is 5.32 Å². The molecule has 0 saturated carbocycles. The van der Waals surface area contributed by atoms with Crippen LogP contribution in [-0.4, -0.2) is 37.1 Å². The summed E-state index contributed by atoms with van der Waals surface area (Å²) >= 11 is 3.32. The number of pyridine rings is 1. The van der Waals surface area contributed by atoms with E-state index >= 15 is 0 Å². The molecule has 0 aliphatic carbocycles. The summed E-state index contributed by atoms with van der Waals surface area (Å²) in [5.41, 5.74) is 0.754. The lowest BCUT2D eigenvalue weighted by Crippen LogP contribution is -2.29. The highest BCUT2D eigenvalue weighted by atomic mass is 79.9. The minimum absolute atomic E-state index is 0.340. The summed E-state index contributed by atoms with van der Waals surface area (Å²) in [5, 5.41) is 12.2.